The highest BCUT2D eigenvalue weighted by Gasteiger charge is 2.28. The summed E-state index contributed by atoms with van der Waals surface area (Å²) in [5.74, 6) is -0.0550. The zero-order valence-electron chi connectivity index (χ0n) is 24.7. The van der Waals surface area contributed by atoms with E-state index in [1.165, 1.54) is 7.11 Å². The third kappa shape index (κ3) is 8.66. The molecule has 1 saturated heterocycles. The number of hydrogen-bond donors (Lipinski definition) is 2. The molecule has 3 aromatic carbocycles. The lowest BCUT2D eigenvalue weighted by Crippen LogP contribution is -2.41. The molecule has 1 unspecified atom stereocenters. The van der Waals surface area contributed by atoms with Crippen molar-refractivity contribution in [2.45, 2.75) is 60.0 Å². The molecular formula is C33H44N2O5. The SMILES string of the molecule is CC.CC.COC(=O)c1ccc(CCN2C(=O)CCN2CCC(O)c2cccc(-c3ccc(O)cc3C)c2)cc1. The first kappa shape index (κ1) is 32.5. The fourth-order valence-corrected chi connectivity index (χ4v) is 4.61. The van der Waals surface area contributed by atoms with E-state index in [9.17, 15) is 19.8 Å². The van der Waals surface area contributed by atoms with Gasteiger partial charge in [0, 0.05) is 26.1 Å². The number of hydrazine groups is 1. The Labute approximate surface area is 239 Å². The number of nitrogens with zero attached hydrogens (tertiary/aromatic N) is 2. The monoisotopic (exact) mass is 548 g/mol. The normalized spacial score (nSPS) is 13.6. The molecule has 0 spiro atoms. The molecule has 1 aliphatic rings. The molecule has 1 amide bonds. The van der Waals surface area contributed by atoms with Crippen LogP contribution in [0.1, 0.15) is 73.7 Å². The molecule has 0 saturated carbocycles. The van der Waals surface area contributed by atoms with Gasteiger partial charge in [0.2, 0.25) is 5.91 Å². The topological polar surface area (TPSA) is 90.3 Å². The number of carbonyl (C=O) groups is 2. The van der Waals surface area contributed by atoms with Crippen molar-refractivity contribution < 1.29 is 24.5 Å². The summed E-state index contributed by atoms with van der Waals surface area (Å²) in [6.45, 7) is 11.7. The Morgan fingerprint density at radius 3 is 2.33 bits per heavy atom. The Morgan fingerprint density at radius 1 is 0.975 bits per heavy atom. The first-order valence-electron chi connectivity index (χ1n) is 14.2. The highest BCUT2D eigenvalue weighted by molar-refractivity contribution is 5.89. The van der Waals surface area contributed by atoms with Gasteiger partial charge >= 0.3 is 5.97 Å². The van der Waals surface area contributed by atoms with Gasteiger partial charge in [0.05, 0.1) is 18.8 Å². The van der Waals surface area contributed by atoms with E-state index in [1.54, 1.807) is 29.3 Å². The maximum absolute atomic E-state index is 12.5. The van der Waals surface area contributed by atoms with E-state index < -0.39 is 6.10 Å². The molecule has 4 rings (SSSR count). The number of phenols is 1. The minimum absolute atomic E-state index is 0.0838. The van der Waals surface area contributed by atoms with Gasteiger partial charge in [-0.05, 0) is 77.9 Å². The number of aliphatic hydroxyl groups is 1. The van der Waals surface area contributed by atoms with Crippen LogP contribution in [0.15, 0.2) is 66.7 Å². The lowest BCUT2D eigenvalue weighted by molar-refractivity contribution is -0.138. The number of esters is 1. The maximum atomic E-state index is 12.5. The molecule has 0 aliphatic carbocycles. The van der Waals surface area contributed by atoms with E-state index in [2.05, 4.69) is 0 Å². The van der Waals surface area contributed by atoms with Crippen molar-refractivity contribution in [2.24, 2.45) is 0 Å². The van der Waals surface area contributed by atoms with Crippen LogP contribution in [0.5, 0.6) is 5.75 Å². The summed E-state index contributed by atoms with van der Waals surface area (Å²) in [7, 11) is 1.36. The molecule has 3 aromatic rings. The third-order valence-corrected chi connectivity index (χ3v) is 6.65. The van der Waals surface area contributed by atoms with Crippen molar-refractivity contribution in [3.05, 3.63) is 89.0 Å². The van der Waals surface area contributed by atoms with Crippen LogP contribution in [0.25, 0.3) is 11.1 Å². The third-order valence-electron chi connectivity index (χ3n) is 6.65. The summed E-state index contributed by atoms with van der Waals surface area (Å²) in [4.78, 5) is 24.1. The lowest BCUT2D eigenvalue weighted by Gasteiger charge is -2.29. The Balaban J connectivity index is 0.00000134. The van der Waals surface area contributed by atoms with Crippen LogP contribution in [0.4, 0.5) is 0 Å². The number of amides is 1. The molecule has 1 aliphatic heterocycles. The fourth-order valence-electron chi connectivity index (χ4n) is 4.61. The highest BCUT2D eigenvalue weighted by atomic mass is 16.5. The smallest absolute Gasteiger partial charge is 0.337 e. The van der Waals surface area contributed by atoms with Crippen LogP contribution >= 0.6 is 0 Å². The summed E-state index contributed by atoms with van der Waals surface area (Å²) in [6, 6.07) is 20.3. The molecule has 7 heteroatoms. The van der Waals surface area contributed by atoms with Crippen molar-refractivity contribution in [3.8, 4) is 16.9 Å². The second kappa shape index (κ2) is 16.4. The second-order valence-electron chi connectivity index (χ2n) is 9.09. The minimum atomic E-state index is -0.661. The largest absolute Gasteiger partial charge is 0.508 e. The van der Waals surface area contributed by atoms with Crippen LogP contribution in [0.2, 0.25) is 0 Å². The van der Waals surface area contributed by atoms with Gasteiger partial charge in [-0.1, -0.05) is 64.1 Å². The van der Waals surface area contributed by atoms with Gasteiger partial charge in [-0.3, -0.25) is 9.80 Å². The number of hydrogen-bond acceptors (Lipinski definition) is 6. The fraction of sp³-hybridized carbons (Fsp3) is 0.394. The summed E-state index contributed by atoms with van der Waals surface area (Å²) < 4.78 is 4.73. The van der Waals surface area contributed by atoms with Gasteiger partial charge in [0.25, 0.3) is 0 Å². The molecule has 2 N–H and O–H groups in total. The Kier molecular flexibility index (Phi) is 13.4. The van der Waals surface area contributed by atoms with Crippen molar-refractivity contribution in [1.82, 2.24) is 10.0 Å². The lowest BCUT2D eigenvalue weighted by atomic mass is 9.96. The zero-order chi connectivity index (χ0) is 29.7. The van der Waals surface area contributed by atoms with E-state index >= 15 is 0 Å². The number of benzene rings is 3. The molecule has 1 atom stereocenters. The van der Waals surface area contributed by atoms with Crippen molar-refractivity contribution >= 4 is 11.9 Å². The van der Waals surface area contributed by atoms with Gasteiger partial charge < -0.3 is 14.9 Å². The van der Waals surface area contributed by atoms with Crippen LogP contribution in [0.3, 0.4) is 0 Å². The number of methoxy groups -OCH3 is 1. The van der Waals surface area contributed by atoms with Crippen LogP contribution in [0, 0.1) is 6.92 Å². The van der Waals surface area contributed by atoms with Gasteiger partial charge in [0.15, 0.2) is 0 Å². The van der Waals surface area contributed by atoms with Gasteiger partial charge in [0.1, 0.15) is 5.75 Å². The van der Waals surface area contributed by atoms with Crippen molar-refractivity contribution in [1.29, 1.82) is 0 Å². The van der Waals surface area contributed by atoms with E-state index in [-0.39, 0.29) is 17.6 Å². The van der Waals surface area contributed by atoms with Crippen LogP contribution in [-0.2, 0) is 16.0 Å². The number of aryl methyl sites for hydroxylation is 1. The maximum Gasteiger partial charge on any atom is 0.337 e. The quantitative estimate of drug-likeness (QED) is 0.304. The van der Waals surface area contributed by atoms with E-state index in [1.807, 2.05) is 82.1 Å². The van der Waals surface area contributed by atoms with Crippen LogP contribution in [-0.4, -0.2) is 58.9 Å². The van der Waals surface area contributed by atoms with Crippen molar-refractivity contribution in [3.63, 3.8) is 0 Å². The summed E-state index contributed by atoms with van der Waals surface area (Å²) in [5.41, 5.74) is 5.32. The van der Waals surface area contributed by atoms with E-state index in [0.29, 0.717) is 44.5 Å². The predicted molar refractivity (Wildman–Crippen MR) is 160 cm³/mol. The Hall–Kier alpha value is -3.68. The average molecular weight is 549 g/mol. The van der Waals surface area contributed by atoms with E-state index in [0.717, 1.165) is 27.8 Å². The first-order valence-corrected chi connectivity index (χ1v) is 14.2. The minimum Gasteiger partial charge on any atom is -0.508 e. The number of ether oxygens (including phenoxy) is 1. The number of carbonyl (C=O) groups excluding carboxylic acids is 2. The molecule has 1 heterocycles. The molecule has 216 valence electrons. The van der Waals surface area contributed by atoms with Gasteiger partial charge in [-0.25, -0.2) is 9.80 Å². The van der Waals surface area contributed by atoms with E-state index in [4.69, 9.17) is 4.74 Å². The molecule has 7 nitrogen and oxygen atoms in total. The second-order valence-corrected chi connectivity index (χ2v) is 9.09. The number of aromatic hydroxyl groups is 1. The number of phenolic OH excluding ortho intramolecular Hbond substituents is 1. The first-order chi connectivity index (χ1) is 19.4. The van der Waals surface area contributed by atoms with Gasteiger partial charge in [-0.15, -0.1) is 0 Å². The van der Waals surface area contributed by atoms with Crippen molar-refractivity contribution in [2.75, 3.05) is 26.7 Å². The predicted octanol–water partition coefficient (Wildman–Crippen LogP) is 6.32. The summed E-state index contributed by atoms with van der Waals surface area (Å²) in [5, 5.41) is 24.4. The zero-order valence-corrected chi connectivity index (χ0v) is 24.7. The Morgan fingerprint density at radius 2 is 1.68 bits per heavy atom. The molecule has 0 aromatic heterocycles. The number of aliphatic hydroxyl groups excluding tert-OH is 1. The van der Waals surface area contributed by atoms with Crippen LogP contribution < -0.4 is 0 Å². The molecule has 40 heavy (non-hydrogen) atoms. The molecule has 0 radical (unpaired) electrons. The number of rotatable bonds is 9. The summed E-state index contributed by atoms with van der Waals surface area (Å²) >= 11 is 0. The van der Waals surface area contributed by atoms with Gasteiger partial charge in [-0.2, -0.15) is 0 Å². The molecule has 1 fully saturated rings. The Bertz CT molecular complexity index is 1230. The average Bonchev–Trinajstić information content (AvgIpc) is 3.35. The summed E-state index contributed by atoms with van der Waals surface area (Å²) in [6.07, 6.45) is 0.967. The molecule has 0 bridgehead atoms. The highest BCUT2D eigenvalue weighted by Crippen LogP contribution is 2.29. The molecular weight excluding hydrogens is 504 g/mol. The standard InChI is InChI=1S/C29H32N2O5.2C2H6/c1-20-18-25(32)10-11-26(20)23-4-3-5-24(19-23)27(33)13-15-30-16-14-28(34)31(30)17-12-21-6-8-22(9-7-21)29(35)36-2;2*1-2/h3-11,18-19,27,32-33H,12-17H2,1-2H3;2*1-2H3.